The number of unbranched alkanes of at least 4 members (excludes halogenated alkanes) is 1. The maximum Gasteiger partial charge on any atom is 0.264 e. The van der Waals surface area contributed by atoms with E-state index in [-0.39, 0.29) is 17.3 Å². The average molecular weight is 614 g/mol. The minimum atomic E-state index is -4.16. The molecule has 3 aromatic carbocycles. The van der Waals surface area contributed by atoms with Gasteiger partial charge in [0.05, 0.1) is 17.7 Å². The predicted molar refractivity (Wildman–Crippen MR) is 167 cm³/mol. The van der Waals surface area contributed by atoms with Crippen LogP contribution in [0.15, 0.2) is 71.6 Å². The quantitative estimate of drug-likeness (QED) is 0.229. The number of nitrogens with one attached hydrogen (secondary N) is 1. The number of sulfonamides is 1. The Labute approximate surface area is 254 Å². The number of nitrogens with zero attached hydrogens (tertiary/aromatic N) is 2. The molecule has 0 bridgehead atoms. The largest absolute Gasteiger partial charge is 0.497 e. The summed E-state index contributed by atoms with van der Waals surface area (Å²) < 4.78 is 34.5. The Morgan fingerprint density at radius 3 is 2.21 bits per heavy atom. The van der Waals surface area contributed by atoms with Crippen molar-refractivity contribution in [3.05, 3.63) is 88.4 Å². The van der Waals surface area contributed by atoms with Crippen LogP contribution in [0.1, 0.15) is 49.8 Å². The highest BCUT2D eigenvalue weighted by atomic mass is 35.5. The topological polar surface area (TPSA) is 96.0 Å². The third kappa shape index (κ3) is 8.26. The molecule has 0 aliphatic rings. The van der Waals surface area contributed by atoms with Crippen molar-refractivity contribution in [2.24, 2.45) is 0 Å². The third-order valence-electron chi connectivity index (χ3n) is 7.04. The van der Waals surface area contributed by atoms with Crippen LogP contribution in [0.2, 0.25) is 5.02 Å². The van der Waals surface area contributed by atoms with Gasteiger partial charge < -0.3 is 15.0 Å². The van der Waals surface area contributed by atoms with Gasteiger partial charge in [0.15, 0.2) is 0 Å². The molecule has 2 amide bonds. The second-order valence-corrected chi connectivity index (χ2v) is 12.5. The highest BCUT2D eigenvalue weighted by Gasteiger charge is 2.34. The average Bonchev–Trinajstić information content (AvgIpc) is 2.96. The van der Waals surface area contributed by atoms with E-state index in [1.54, 1.807) is 56.5 Å². The molecule has 0 heterocycles. The molecule has 0 saturated carbocycles. The van der Waals surface area contributed by atoms with Crippen molar-refractivity contribution >= 4 is 39.1 Å². The molecule has 0 fully saturated rings. The molecule has 8 nitrogen and oxygen atoms in total. The number of aryl methyl sites for hydroxylation is 2. The second-order valence-electron chi connectivity index (χ2n) is 10.2. The van der Waals surface area contributed by atoms with Gasteiger partial charge in [-0.3, -0.25) is 13.9 Å². The van der Waals surface area contributed by atoms with Crippen molar-refractivity contribution in [2.45, 2.75) is 64.4 Å². The lowest BCUT2D eigenvalue weighted by Crippen LogP contribution is -2.52. The van der Waals surface area contributed by atoms with Gasteiger partial charge in [0, 0.05) is 18.1 Å². The highest BCUT2D eigenvalue weighted by Crippen LogP contribution is 2.30. The summed E-state index contributed by atoms with van der Waals surface area (Å²) in [6, 6.07) is 17.7. The number of amides is 2. The molecule has 1 N–H and O–H groups in total. The molecule has 3 rings (SSSR count). The number of hydrogen-bond acceptors (Lipinski definition) is 5. The Kier molecular flexibility index (Phi) is 11.8. The zero-order valence-corrected chi connectivity index (χ0v) is 26.5. The van der Waals surface area contributed by atoms with Crippen molar-refractivity contribution in [3.8, 4) is 5.75 Å². The molecule has 0 aromatic heterocycles. The number of ether oxygens (including phenoxy) is 1. The Hall–Kier alpha value is -3.56. The molecule has 1 atom stereocenters. The van der Waals surface area contributed by atoms with E-state index in [4.69, 9.17) is 16.3 Å². The maximum atomic E-state index is 14.2. The molecule has 226 valence electrons. The van der Waals surface area contributed by atoms with Crippen LogP contribution >= 0.6 is 11.6 Å². The molecule has 1 unspecified atom stereocenters. The highest BCUT2D eigenvalue weighted by molar-refractivity contribution is 7.92. The number of hydrogen-bond donors (Lipinski definition) is 1. The van der Waals surface area contributed by atoms with Crippen molar-refractivity contribution in [3.63, 3.8) is 0 Å². The lowest BCUT2D eigenvalue weighted by Gasteiger charge is -2.33. The van der Waals surface area contributed by atoms with E-state index >= 15 is 0 Å². The number of benzene rings is 3. The van der Waals surface area contributed by atoms with E-state index in [0.717, 1.165) is 28.3 Å². The number of methoxy groups -OCH3 is 1. The minimum absolute atomic E-state index is 0.0568. The summed E-state index contributed by atoms with van der Waals surface area (Å²) in [7, 11) is -2.59. The van der Waals surface area contributed by atoms with Crippen LogP contribution in [0, 0.1) is 13.8 Å². The zero-order valence-electron chi connectivity index (χ0n) is 24.9. The van der Waals surface area contributed by atoms with E-state index in [9.17, 15) is 18.0 Å². The summed E-state index contributed by atoms with van der Waals surface area (Å²) in [4.78, 5) is 29.0. The molecule has 3 aromatic rings. The third-order valence-corrected chi connectivity index (χ3v) is 9.05. The molecule has 0 saturated heterocycles. The smallest absolute Gasteiger partial charge is 0.264 e. The summed E-state index contributed by atoms with van der Waals surface area (Å²) in [6.07, 6.45) is 2.08. The zero-order chi connectivity index (χ0) is 30.9. The van der Waals surface area contributed by atoms with Crippen molar-refractivity contribution in [2.75, 3.05) is 24.5 Å². The molecule has 42 heavy (non-hydrogen) atoms. The number of rotatable bonds is 14. The molecule has 0 spiro atoms. The van der Waals surface area contributed by atoms with Gasteiger partial charge in [-0.05, 0) is 80.3 Å². The molecule has 0 aliphatic carbocycles. The minimum Gasteiger partial charge on any atom is -0.497 e. The molecule has 10 heteroatoms. The van der Waals surface area contributed by atoms with E-state index in [1.165, 1.54) is 17.0 Å². The number of anilines is 1. The van der Waals surface area contributed by atoms with Crippen LogP contribution in [0.3, 0.4) is 0 Å². The summed E-state index contributed by atoms with van der Waals surface area (Å²) in [5.74, 6) is -0.119. The van der Waals surface area contributed by atoms with Crippen molar-refractivity contribution in [1.29, 1.82) is 0 Å². The van der Waals surface area contributed by atoms with Crippen LogP contribution in [0.25, 0.3) is 0 Å². The second kappa shape index (κ2) is 15.1. The number of halogens is 1. The van der Waals surface area contributed by atoms with Crippen molar-refractivity contribution in [1.82, 2.24) is 10.2 Å². The van der Waals surface area contributed by atoms with E-state index in [1.807, 2.05) is 32.9 Å². The first-order valence-corrected chi connectivity index (χ1v) is 15.9. The van der Waals surface area contributed by atoms with Crippen LogP contribution in [-0.4, -0.2) is 51.4 Å². The Bertz CT molecular complexity index is 1460. The lowest BCUT2D eigenvalue weighted by molar-refractivity contribution is -0.140. The summed E-state index contributed by atoms with van der Waals surface area (Å²) in [5.41, 5.74) is 2.61. The fourth-order valence-corrected chi connectivity index (χ4v) is 6.31. The van der Waals surface area contributed by atoms with Gasteiger partial charge in [-0.1, -0.05) is 61.7 Å². The number of carbonyl (C=O) groups is 2. The molecular weight excluding hydrogens is 574 g/mol. The van der Waals surface area contributed by atoms with E-state index < -0.39 is 28.5 Å². The Morgan fingerprint density at radius 2 is 1.64 bits per heavy atom. The first kappa shape index (κ1) is 32.9. The SMILES string of the molecule is CCCCNC(=O)C(CC)N(Cc1ccc(OC)cc1)C(=O)CN(c1ccc(Cl)cc1C)S(=O)(=O)c1ccc(C)cc1. The van der Waals surface area contributed by atoms with Crippen molar-refractivity contribution < 1.29 is 22.7 Å². The van der Waals surface area contributed by atoms with Crippen LogP contribution in [-0.2, 0) is 26.2 Å². The van der Waals surface area contributed by atoms with E-state index in [0.29, 0.717) is 35.0 Å². The molecular formula is C32H40ClN3O5S. The van der Waals surface area contributed by atoms with Crippen LogP contribution in [0.4, 0.5) is 5.69 Å². The fraction of sp³-hybridized carbons (Fsp3) is 0.375. The Morgan fingerprint density at radius 1 is 0.976 bits per heavy atom. The maximum absolute atomic E-state index is 14.2. The van der Waals surface area contributed by atoms with Gasteiger partial charge in [-0.15, -0.1) is 0 Å². The van der Waals surface area contributed by atoms with Gasteiger partial charge >= 0.3 is 0 Å². The summed E-state index contributed by atoms with van der Waals surface area (Å²) in [6.45, 7) is 7.58. The number of carbonyl (C=O) groups excluding carboxylic acids is 2. The van der Waals surface area contributed by atoms with Gasteiger partial charge in [-0.2, -0.15) is 0 Å². The van der Waals surface area contributed by atoms with Gasteiger partial charge in [-0.25, -0.2) is 8.42 Å². The molecule has 0 aliphatic heterocycles. The first-order chi connectivity index (χ1) is 20.0. The normalized spacial score (nSPS) is 12.0. The lowest BCUT2D eigenvalue weighted by atomic mass is 10.1. The van der Waals surface area contributed by atoms with Crippen LogP contribution < -0.4 is 14.4 Å². The van der Waals surface area contributed by atoms with Crippen LogP contribution in [0.5, 0.6) is 5.75 Å². The summed E-state index contributed by atoms with van der Waals surface area (Å²) in [5, 5.41) is 3.39. The van der Waals surface area contributed by atoms with Gasteiger partial charge in [0.2, 0.25) is 11.8 Å². The summed E-state index contributed by atoms with van der Waals surface area (Å²) >= 11 is 6.19. The molecule has 0 radical (unpaired) electrons. The van der Waals surface area contributed by atoms with Gasteiger partial charge in [0.1, 0.15) is 18.3 Å². The standard InChI is InChI=1S/C32H40ClN3O5S/c1-6-8-19-34-32(38)29(7-2)35(21-25-11-14-27(41-5)15-12-25)31(37)22-36(30-18-13-26(33)20-24(30)4)42(39,40)28-16-9-23(3)10-17-28/h9-18,20,29H,6-8,19,21-22H2,1-5H3,(H,34,38). The van der Waals surface area contributed by atoms with E-state index in [2.05, 4.69) is 5.32 Å². The fourth-order valence-electron chi connectivity index (χ4n) is 4.60. The Balaban J connectivity index is 2.06. The predicted octanol–water partition coefficient (Wildman–Crippen LogP) is 5.88. The monoisotopic (exact) mass is 613 g/mol. The first-order valence-electron chi connectivity index (χ1n) is 14.1. The van der Waals surface area contributed by atoms with Gasteiger partial charge in [0.25, 0.3) is 10.0 Å².